The van der Waals surface area contributed by atoms with Gasteiger partial charge in [-0.15, -0.1) is 0 Å². The Morgan fingerprint density at radius 3 is 1.95 bits per heavy atom. The topological polar surface area (TPSA) is 46.6 Å². The molecule has 2 fully saturated rings. The van der Waals surface area contributed by atoms with E-state index in [1.165, 1.54) is 4.90 Å². The van der Waals surface area contributed by atoms with Crippen LogP contribution < -0.4 is 4.90 Å². The van der Waals surface area contributed by atoms with Gasteiger partial charge in [0, 0.05) is 5.02 Å². The van der Waals surface area contributed by atoms with Gasteiger partial charge in [0.1, 0.15) is 0 Å². The highest BCUT2D eigenvalue weighted by Crippen LogP contribution is 2.57. The second-order valence-electron chi connectivity index (χ2n) is 6.25. The minimum Gasteiger partial charge on any atom is -0.359 e. The van der Waals surface area contributed by atoms with Crippen LogP contribution >= 0.6 is 11.6 Å². The van der Waals surface area contributed by atoms with Crippen molar-refractivity contribution in [2.45, 2.75) is 25.0 Å². The normalized spacial score (nSPS) is 40.2. The summed E-state index contributed by atoms with van der Waals surface area (Å²) in [6.45, 7) is 3.74. The van der Waals surface area contributed by atoms with E-state index in [2.05, 4.69) is 0 Å². The molecule has 0 saturated carbocycles. The van der Waals surface area contributed by atoms with Gasteiger partial charge in [-0.25, -0.2) is 4.90 Å². The summed E-state index contributed by atoms with van der Waals surface area (Å²) in [4.78, 5) is 26.8. The minimum atomic E-state index is -0.687. The molecule has 1 aromatic carbocycles. The molecule has 0 radical (unpaired) electrons. The molecule has 2 saturated heterocycles. The third-order valence-electron chi connectivity index (χ3n) is 4.81. The van der Waals surface area contributed by atoms with E-state index < -0.39 is 23.0 Å². The van der Waals surface area contributed by atoms with E-state index in [4.69, 9.17) is 16.3 Å². The van der Waals surface area contributed by atoms with Crippen molar-refractivity contribution in [3.63, 3.8) is 0 Å². The zero-order chi connectivity index (χ0) is 15.0. The second kappa shape index (κ2) is 3.76. The van der Waals surface area contributed by atoms with Crippen LogP contribution in [-0.4, -0.2) is 23.0 Å². The van der Waals surface area contributed by atoms with E-state index >= 15 is 0 Å². The van der Waals surface area contributed by atoms with Crippen LogP contribution in [0.4, 0.5) is 5.69 Å². The van der Waals surface area contributed by atoms with E-state index in [0.29, 0.717) is 10.7 Å². The first-order chi connectivity index (χ1) is 9.86. The summed E-state index contributed by atoms with van der Waals surface area (Å²) in [6, 6.07) is 6.75. The Morgan fingerprint density at radius 1 is 1.00 bits per heavy atom. The molecule has 1 aromatic rings. The van der Waals surface area contributed by atoms with Gasteiger partial charge in [0.15, 0.2) is 0 Å². The number of imide groups is 1. The molecule has 0 unspecified atom stereocenters. The first kappa shape index (κ1) is 13.0. The van der Waals surface area contributed by atoms with Gasteiger partial charge in [-0.2, -0.15) is 0 Å². The quantitative estimate of drug-likeness (QED) is 0.592. The molecule has 0 spiro atoms. The number of carbonyl (C=O) groups is 2. The van der Waals surface area contributed by atoms with E-state index in [1.807, 2.05) is 26.0 Å². The van der Waals surface area contributed by atoms with Crippen molar-refractivity contribution >= 4 is 29.1 Å². The summed E-state index contributed by atoms with van der Waals surface area (Å²) in [6.07, 6.45) is 3.81. The van der Waals surface area contributed by atoms with E-state index in [0.717, 1.165) is 0 Å². The fourth-order valence-corrected chi connectivity index (χ4v) is 4.00. The Labute approximate surface area is 127 Å². The second-order valence-corrected chi connectivity index (χ2v) is 6.68. The number of halogens is 1. The standard InChI is InChI=1S/C16H14ClNO3/c1-15-7-8-16(2,21-15)12-11(15)13(19)18(14(12)20)10-5-3-9(17)4-6-10/h3-8,11-12H,1-2H3/t11-,12+,15-,16-/m1/s1. The Morgan fingerprint density at radius 2 is 1.48 bits per heavy atom. The number of carbonyl (C=O) groups excluding carboxylic acids is 2. The van der Waals surface area contributed by atoms with Crippen molar-refractivity contribution in [3.05, 3.63) is 41.4 Å². The number of anilines is 1. The third-order valence-corrected chi connectivity index (χ3v) is 5.06. The van der Waals surface area contributed by atoms with Crippen LogP contribution in [0, 0.1) is 11.8 Å². The first-order valence-electron chi connectivity index (χ1n) is 6.90. The van der Waals surface area contributed by atoms with Gasteiger partial charge in [0.2, 0.25) is 11.8 Å². The van der Waals surface area contributed by atoms with Crippen molar-refractivity contribution in [2.75, 3.05) is 4.90 Å². The molecule has 0 aliphatic carbocycles. The highest BCUT2D eigenvalue weighted by Gasteiger charge is 2.70. The van der Waals surface area contributed by atoms with E-state index in [-0.39, 0.29) is 11.8 Å². The van der Waals surface area contributed by atoms with Gasteiger partial charge in [0.05, 0.1) is 28.7 Å². The SMILES string of the molecule is C[C@]12C=C[C@@](C)(O1)[C@H]1C(=O)N(c3ccc(Cl)cc3)C(=O)[C@H]12. The number of hydrogen-bond acceptors (Lipinski definition) is 3. The van der Waals surface area contributed by atoms with Gasteiger partial charge >= 0.3 is 0 Å². The zero-order valence-electron chi connectivity index (χ0n) is 11.7. The summed E-state index contributed by atoms with van der Waals surface area (Å²) in [5.41, 5.74) is -0.809. The molecule has 4 rings (SSSR count). The van der Waals surface area contributed by atoms with Gasteiger partial charge in [-0.3, -0.25) is 9.59 Å². The molecular formula is C16H14ClNO3. The van der Waals surface area contributed by atoms with E-state index in [9.17, 15) is 9.59 Å². The maximum atomic E-state index is 12.8. The number of ether oxygens (including phenoxy) is 1. The highest BCUT2D eigenvalue weighted by molar-refractivity contribution is 6.31. The largest absolute Gasteiger partial charge is 0.359 e. The van der Waals surface area contributed by atoms with Gasteiger partial charge in [-0.1, -0.05) is 23.8 Å². The van der Waals surface area contributed by atoms with Crippen LogP contribution in [-0.2, 0) is 14.3 Å². The Hall–Kier alpha value is -1.65. The molecular weight excluding hydrogens is 290 g/mol. The number of fused-ring (bicyclic) bond motifs is 5. The van der Waals surface area contributed by atoms with Crippen LogP contribution in [0.25, 0.3) is 0 Å². The lowest BCUT2D eigenvalue weighted by Gasteiger charge is -2.25. The molecule has 5 heteroatoms. The highest BCUT2D eigenvalue weighted by atomic mass is 35.5. The predicted octanol–water partition coefficient (Wildman–Crippen LogP) is 2.56. The maximum absolute atomic E-state index is 12.8. The molecule has 108 valence electrons. The Balaban J connectivity index is 1.80. The van der Waals surface area contributed by atoms with Crippen LogP contribution in [0.1, 0.15) is 13.8 Å². The molecule has 0 N–H and O–H groups in total. The number of hydrogen-bond donors (Lipinski definition) is 0. The molecule has 4 atom stereocenters. The van der Waals surface area contributed by atoms with Crippen LogP contribution in [0.2, 0.25) is 5.02 Å². The Bertz CT molecular complexity index is 662. The average Bonchev–Trinajstić information content (AvgIpc) is 2.97. The summed E-state index contributed by atoms with van der Waals surface area (Å²) in [5, 5.41) is 0.571. The molecule has 2 amide bonds. The fourth-order valence-electron chi connectivity index (χ4n) is 3.88. The van der Waals surface area contributed by atoms with Crippen molar-refractivity contribution in [1.29, 1.82) is 0 Å². The summed E-state index contributed by atoms with van der Waals surface area (Å²) >= 11 is 5.87. The lowest BCUT2D eigenvalue weighted by Crippen LogP contribution is -2.39. The fraction of sp³-hybridized carbons (Fsp3) is 0.375. The number of rotatable bonds is 1. The maximum Gasteiger partial charge on any atom is 0.241 e. The monoisotopic (exact) mass is 303 g/mol. The lowest BCUT2D eigenvalue weighted by atomic mass is 9.73. The lowest BCUT2D eigenvalue weighted by molar-refractivity contribution is -0.128. The molecule has 0 aromatic heterocycles. The number of benzene rings is 1. The average molecular weight is 304 g/mol. The minimum absolute atomic E-state index is 0.192. The zero-order valence-corrected chi connectivity index (χ0v) is 12.4. The molecule has 3 aliphatic rings. The van der Waals surface area contributed by atoms with Gasteiger partial charge < -0.3 is 4.74 Å². The molecule has 3 heterocycles. The van der Waals surface area contributed by atoms with Crippen LogP contribution in [0.3, 0.4) is 0 Å². The number of nitrogens with zero attached hydrogens (tertiary/aromatic N) is 1. The molecule has 21 heavy (non-hydrogen) atoms. The number of amides is 2. The van der Waals surface area contributed by atoms with Crippen LogP contribution in [0.5, 0.6) is 0 Å². The van der Waals surface area contributed by atoms with Crippen molar-refractivity contribution in [2.24, 2.45) is 11.8 Å². The van der Waals surface area contributed by atoms with Crippen LogP contribution in [0.15, 0.2) is 36.4 Å². The summed E-state index contributed by atoms with van der Waals surface area (Å²) in [7, 11) is 0. The third kappa shape index (κ3) is 1.49. The smallest absolute Gasteiger partial charge is 0.241 e. The van der Waals surface area contributed by atoms with Gasteiger partial charge in [-0.05, 0) is 38.1 Å². The van der Waals surface area contributed by atoms with Crippen molar-refractivity contribution < 1.29 is 14.3 Å². The Kier molecular flexibility index (Phi) is 2.33. The van der Waals surface area contributed by atoms with Gasteiger partial charge in [0.25, 0.3) is 0 Å². The summed E-state index contributed by atoms with van der Waals surface area (Å²) in [5.74, 6) is -1.28. The van der Waals surface area contributed by atoms with Crippen molar-refractivity contribution in [3.8, 4) is 0 Å². The molecule has 4 nitrogen and oxygen atoms in total. The van der Waals surface area contributed by atoms with E-state index in [1.54, 1.807) is 24.3 Å². The predicted molar refractivity (Wildman–Crippen MR) is 78.0 cm³/mol. The van der Waals surface area contributed by atoms with Crippen molar-refractivity contribution in [1.82, 2.24) is 0 Å². The summed E-state index contributed by atoms with van der Waals surface area (Å²) < 4.78 is 5.96. The first-order valence-corrected chi connectivity index (χ1v) is 7.27. The molecule has 2 bridgehead atoms. The molecule has 3 aliphatic heterocycles.